The van der Waals surface area contributed by atoms with Gasteiger partial charge in [0, 0.05) is 12.5 Å². The number of Topliss-reactive ketones (excluding diaryl/α,β-unsaturated/α-hetero) is 1. The summed E-state index contributed by atoms with van der Waals surface area (Å²) in [5, 5.41) is 18.2. The van der Waals surface area contributed by atoms with Crippen LogP contribution in [0.25, 0.3) is 0 Å². The highest BCUT2D eigenvalue weighted by Gasteiger charge is 2.12. The zero-order chi connectivity index (χ0) is 19.5. The predicted molar refractivity (Wildman–Crippen MR) is 107 cm³/mol. The molecule has 0 saturated carbocycles. The summed E-state index contributed by atoms with van der Waals surface area (Å²) in [6, 6.07) is 0. The van der Waals surface area contributed by atoms with Crippen molar-refractivity contribution in [3.8, 4) is 0 Å². The van der Waals surface area contributed by atoms with Gasteiger partial charge in [0.25, 0.3) is 0 Å². The summed E-state index contributed by atoms with van der Waals surface area (Å²) in [6.45, 7) is 2.18. The van der Waals surface area contributed by atoms with Crippen LogP contribution in [0.1, 0.15) is 58.3 Å². The van der Waals surface area contributed by atoms with E-state index in [-0.39, 0.29) is 12.2 Å². The molecule has 0 rings (SSSR count). The standard InChI is InChI=1S/C22H32O4/c1-2-3-4-5-11-14-17-20(23)21(24)18-15-12-9-7-6-8-10-13-16-19-22(25)26/h6-10,12-13,15-16,19-20,23H,2-5,11,14,17-18H2,1H3,(H,25,26). The van der Waals surface area contributed by atoms with Crippen molar-refractivity contribution in [3.63, 3.8) is 0 Å². The number of allylic oxidation sites excluding steroid dienone is 9. The topological polar surface area (TPSA) is 74.6 Å². The number of ketones is 1. The van der Waals surface area contributed by atoms with Gasteiger partial charge in [-0.2, -0.15) is 0 Å². The fraction of sp³-hybridized carbons (Fsp3) is 0.455. The molecule has 0 aromatic rings. The van der Waals surface area contributed by atoms with Gasteiger partial charge in [0.2, 0.25) is 0 Å². The van der Waals surface area contributed by atoms with E-state index >= 15 is 0 Å². The van der Waals surface area contributed by atoms with Crippen LogP contribution in [0.5, 0.6) is 0 Å². The van der Waals surface area contributed by atoms with Crippen molar-refractivity contribution >= 4 is 11.8 Å². The van der Waals surface area contributed by atoms with Gasteiger partial charge in [-0.25, -0.2) is 4.79 Å². The Kier molecular flexibility index (Phi) is 16.1. The molecule has 0 aliphatic rings. The van der Waals surface area contributed by atoms with Crippen molar-refractivity contribution in [3.05, 3.63) is 60.8 Å². The molecule has 1 unspecified atom stereocenters. The molecule has 0 aromatic carbocycles. The van der Waals surface area contributed by atoms with E-state index in [9.17, 15) is 14.7 Å². The monoisotopic (exact) mass is 360 g/mol. The first-order chi connectivity index (χ1) is 12.6. The highest BCUT2D eigenvalue weighted by molar-refractivity contribution is 5.84. The number of aliphatic carboxylic acids is 1. The molecule has 0 saturated heterocycles. The minimum atomic E-state index is -0.977. The Morgan fingerprint density at radius 3 is 1.96 bits per heavy atom. The molecule has 2 N–H and O–H groups in total. The number of unbranched alkanes of at least 4 members (excludes halogenated alkanes) is 5. The van der Waals surface area contributed by atoms with Crippen LogP contribution in [0.3, 0.4) is 0 Å². The number of carbonyl (C=O) groups is 2. The number of hydrogen-bond acceptors (Lipinski definition) is 3. The summed E-state index contributed by atoms with van der Waals surface area (Å²) in [4.78, 5) is 22.0. The van der Waals surface area contributed by atoms with Gasteiger partial charge in [0.15, 0.2) is 5.78 Å². The largest absolute Gasteiger partial charge is 0.478 e. The maximum Gasteiger partial charge on any atom is 0.328 e. The lowest BCUT2D eigenvalue weighted by Crippen LogP contribution is -2.19. The van der Waals surface area contributed by atoms with Gasteiger partial charge >= 0.3 is 5.97 Å². The Morgan fingerprint density at radius 1 is 0.808 bits per heavy atom. The molecule has 0 bridgehead atoms. The molecule has 0 heterocycles. The Morgan fingerprint density at radius 2 is 1.35 bits per heavy atom. The van der Waals surface area contributed by atoms with Crippen molar-refractivity contribution in [2.75, 3.05) is 0 Å². The van der Waals surface area contributed by atoms with Gasteiger partial charge < -0.3 is 10.2 Å². The molecule has 4 heteroatoms. The zero-order valence-electron chi connectivity index (χ0n) is 15.7. The number of rotatable bonds is 15. The molecule has 26 heavy (non-hydrogen) atoms. The molecule has 4 nitrogen and oxygen atoms in total. The Labute approximate surface area is 157 Å². The SMILES string of the molecule is CCCCCCCCC(O)C(=O)CC=CC=CC=CC=CC=CC(=O)O. The van der Waals surface area contributed by atoms with Gasteiger partial charge in [0.1, 0.15) is 6.10 Å². The molecule has 0 spiro atoms. The summed E-state index contributed by atoms with van der Waals surface area (Å²) in [5.41, 5.74) is 0. The van der Waals surface area contributed by atoms with Crippen LogP contribution in [0, 0.1) is 0 Å². The second kappa shape index (κ2) is 17.6. The van der Waals surface area contributed by atoms with E-state index in [0.29, 0.717) is 6.42 Å². The number of aliphatic hydroxyl groups excluding tert-OH is 1. The maximum atomic E-state index is 11.8. The van der Waals surface area contributed by atoms with Crippen LogP contribution in [-0.4, -0.2) is 28.1 Å². The lowest BCUT2D eigenvalue weighted by molar-refractivity contribution is -0.131. The third-order valence-electron chi connectivity index (χ3n) is 3.67. The summed E-state index contributed by atoms with van der Waals surface area (Å²) in [6.07, 6.45) is 23.3. The van der Waals surface area contributed by atoms with E-state index in [1.807, 2.05) is 0 Å². The summed E-state index contributed by atoms with van der Waals surface area (Å²) in [5.74, 6) is -1.11. The number of carbonyl (C=O) groups excluding carboxylic acids is 1. The average molecular weight is 360 g/mol. The van der Waals surface area contributed by atoms with Gasteiger partial charge in [-0.1, -0.05) is 100 Å². The van der Waals surface area contributed by atoms with E-state index in [2.05, 4.69) is 6.92 Å². The third-order valence-corrected chi connectivity index (χ3v) is 3.67. The average Bonchev–Trinajstić information content (AvgIpc) is 2.61. The van der Waals surface area contributed by atoms with E-state index in [4.69, 9.17) is 5.11 Å². The molecule has 0 aliphatic heterocycles. The first kappa shape index (κ1) is 23.8. The summed E-state index contributed by atoms with van der Waals surface area (Å²) in [7, 11) is 0. The van der Waals surface area contributed by atoms with Crippen LogP contribution in [0.15, 0.2) is 60.8 Å². The van der Waals surface area contributed by atoms with Crippen LogP contribution in [-0.2, 0) is 9.59 Å². The van der Waals surface area contributed by atoms with Crippen molar-refractivity contribution in [2.45, 2.75) is 64.4 Å². The fourth-order valence-corrected chi connectivity index (χ4v) is 2.20. The number of carboxylic acids is 1. The van der Waals surface area contributed by atoms with Crippen molar-refractivity contribution < 1.29 is 19.8 Å². The minimum absolute atomic E-state index is 0.132. The second-order valence-electron chi connectivity index (χ2n) is 6.02. The molecule has 0 radical (unpaired) electrons. The van der Waals surface area contributed by atoms with Crippen LogP contribution in [0.2, 0.25) is 0 Å². The van der Waals surface area contributed by atoms with Crippen LogP contribution in [0.4, 0.5) is 0 Å². The predicted octanol–water partition coefficient (Wildman–Crippen LogP) is 4.92. The van der Waals surface area contributed by atoms with E-state index in [1.165, 1.54) is 31.8 Å². The number of carboxylic acid groups (broad SMARTS) is 1. The molecule has 144 valence electrons. The summed E-state index contributed by atoms with van der Waals surface area (Å²) < 4.78 is 0. The van der Waals surface area contributed by atoms with E-state index in [1.54, 1.807) is 48.6 Å². The number of aliphatic hydroxyl groups is 1. The second-order valence-corrected chi connectivity index (χ2v) is 6.02. The van der Waals surface area contributed by atoms with Gasteiger partial charge in [0.05, 0.1) is 0 Å². The fourth-order valence-electron chi connectivity index (χ4n) is 2.20. The Balaban J connectivity index is 3.84. The molecular weight excluding hydrogens is 328 g/mol. The van der Waals surface area contributed by atoms with E-state index < -0.39 is 12.1 Å². The highest BCUT2D eigenvalue weighted by atomic mass is 16.4. The molecule has 0 aliphatic carbocycles. The molecule has 0 amide bonds. The molecular formula is C22H32O4. The van der Waals surface area contributed by atoms with E-state index in [0.717, 1.165) is 18.9 Å². The smallest absolute Gasteiger partial charge is 0.328 e. The van der Waals surface area contributed by atoms with Gasteiger partial charge in [-0.15, -0.1) is 0 Å². The van der Waals surface area contributed by atoms with Crippen LogP contribution >= 0.6 is 0 Å². The Hall–Kier alpha value is -2.20. The van der Waals surface area contributed by atoms with Crippen molar-refractivity contribution in [1.82, 2.24) is 0 Å². The quantitative estimate of drug-likeness (QED) is 0.247. The lowest BCUT2D eigenvalue weighted by Gasteiger charge is -2.07. The highest BCUT2D eigenvalue weighted by Crippen LogP contribution is 2.10. The van der Waals surface area contributed by atoms with Crippen molar-refractivity contribution in [2.24, 2.45) is 0 Å². The van der Waals surface area contributed by atoms with Gasteiger partial charge in [-0.05, 0) is 6.42 Å². The summed E-state index contributed by atoms with van der Waals surface area (Å²) >= 11 is 0. The first-order valence-corrected chi connectivity index (χ1v) is 9.34. The lowest BCUT2D eigenvalue weighted by atomic mass is 10.0. The minimum Gasteiger partial charge on any atom is -0.478 e. The number of hydrogen-bond donors (Lipinski definition) is 2. The van der Waals surface area contributed by atoms with Crippen molar-refractivity contribution in [1.29, 1.82) is 0 Å². The molecule has 0 aromatic heterocycles. The maximum absolute atomic E-state index is 11.8. The molecule has 1 atom stereocenters. The third kappa shape index (κ3) is 16.7. The Bertz CT molecular complexity index is 524. The van der Waals surface area contributed by atoms with Crippen LogP contribution < -0.4 is 0 Å². The van der Waals surface area contributed by atoms with Gasteiger partial charge in [-0.3, -0.25) is 4.79 Å². The molecule has 0 fully saturated rings. The zero-order valence-corrected chi connectivity index (χ0v) is 15.7. The normalized spacial score (nSPS) is 13.8. The first-order valence-electron chi connectivity index (χ1n) is 9.34.